The molecule has 0 bridgehead atoms. The highest BCUT2D eigenvalue weighted by Crippen LogP contribution is 2.14. The van der Waals surface area contributed by atoms with Gasteiger partial charge in [-0.1, -0.05) is 13.8 Å². The van der Waals surface area contributed by atoms with Gasteiger partial charge in [0.2, 0.25) is 0 Å². The molecule has 0 heterocycles. The number of hydrogen-bond donors (Lipinski definition) is 0. The first-order valence-electron chi connectivity index (χ1n) is 11.7. The van der Waals surface area contributed by atoms with Gasteiger partial charge in [0.15, 0.2) is 0 Å². The Balaban J connectivity index is 4.45. The first-order chi connectivity index (χ1) is 14.0. The zero-order valence-corrected chi connectivity index (χ0v) is 21.3. The Morgan fingerprint density at radius 3 is 1.07 bits per heavy atom. The highest BCUT2D eigenvalue weighted by Gasteiger charge is 2.19. The summed E-state index contributed by atoms with van der Waals surface area (Å²) in [6.07, 6.45) is 0.534. The van der Waals surface area contributed by atoms with Crippen LogP contribution >= 0.6 is 0 Å². The third-order valence-electron chi connectivity index (χ3n) is 4.37. The molecule has 2 atom stereocenters. The molecule has 0 radical (unpaired) electrons. The Labute approximate surface area is 186 Å². The molecule has 6 nitrogen and oxygen atoms in total. The van der Waals surface area contributed by atoms with Gasteiger partial charge in [-0.25, -0.2) is 0 Å². The molecule has 0 rings (SSSR count). The van der Waals surface area contributed by atoms with Crippen molar-refractivity contribution < 1.29 is 28.4 Å². The molecule has 2 unspecified atom stereocenters. The van der Waals surface area contributed by atoms with Crippen molar-refractivity contribution in [2.24, 2.45) is 11.8 Å². The van der Waals surface area contributed by atoms with Crippen molar-refractivity contribution in [2.75, 3.05) is 39.6 Å². The van der Waals surface area contributed by atoms with Crippen LogP contribution in [0.1, 0.15) is 69.2 Å². The van der Waals surface area contributed by atoms with Crippen molar-refractivity contribution in [3.05, 3.63) is 0 Å². The Hall–Kier alpha value is -0.240. The van der Waals surface area contributed by atoms with Crippen LogP contribution in [0.4, 0.5) is 0 Å². The molecule has 0 aromatic heterocycles. The van der Waals surface area contributed by atoms with E-state index in [4.69, 9.17) is 28.4 Å². The molecule has 0 aromatic carbocycles. The first-order valence-corrected chi connectivity index (χ1v) is 11.7. The van der Waals surface area contributed by atoms with Gasteiger partial charge in [-0.15, -0.1) is 0 Å². The quantitative estimate of drug-likeness (QED) is 0.293. The van der Waals surface area contributed by atoms with Crippen LogP contribution in [0.2, 0.25) is 0 Å². The predicted molar refractivity (Wildman–Crippen MR) is 122 cm³/mol. The molecular weight excluding hydrogens is 384 g/mol. The van der Waals surface area contributed by atoms with Gasteiger partial charge in [-0.05, 0) is 61.3 Å². The average Bonchev–Trinajstić information content (AvgIpc) is 2.61. The lowest BCUT2D eigenvalue weighted by Gasteiger charge is -2.26. The third-order valence-corrected chi connectivity index (χ3v) is 4.37. The van der Waals surface area contributed by atoms with E-state index in [1.807, 2.05) is 55.4 Å². The van der Waals surface area contributed by atoms with Gasteiger partial charge in [0.05, 0.1) is 64.1 Å². The van der Waals surface area contributed by atoms with E-state index < -0.39 is 0 Å². The van der Waals surface area contributed by atoms with E-state index in [0.29, 0.717) is 51.5 Å². The fourth-order valence-corrected chi connectivity index (χ4v) is 2.76. The Morgan fingerprint density at radius 2 is 0.800 bits per heavy atom. The van der Waals surface area contributed by atoms with Gasteiger partial charge in [0, 0.05) is 5.92 Å². The van der Waals surface area contributed by atoms with E-state index in [-0.39, 0.29) is 36.6 Å². The van der Waals surface area contributed by atoms with E-state index in [2.05, 4.69) is 13.8 Å². The number of rotatable bonds is 19. The van der Waals surface area contributed by atoms with Crippen molar-refractivity contribution in [1.82, 2.24) is 0 Å². The molecule has 0 aliphatic carbocycles. The second-order valence-electron chi connectivity index (χ2n) is 9.46. The average molecular weight is 435 g/mol. The zero-order chi connectivity index (χ0) is 23.1. The smallest absolute Gasteiger partial charge is 0.104 e. The van der Waals surface area contributed by atoms with Crippen LogP contribution in [0.5, 0.6) is 0 Å². The van der Waals surface area contributed by atoms with Gasteiger partial charge < -0.3 is 28.4 Å². The standard InChI is InChI=1S/C24H50O6/c1-17(2)22(11-25-13-23(29-20(7)8)15-27-18(3)4)12-26-14-24(30-21(9)10)16-28-19(5)6/h17-24H,11-16H2,1-10H3. The van der Waals surface area contributed by atoms with Crippen LogP contribution < -0.4 is 0 Å². The van der Waals surface area contributed by atoms with E-state index >= 15 is 0 Å². The van der Waals surface area contributed by atoms with E-state index in [0.717, 1.165) is 0 Å². The van der Waals surface area contributed by atoms with Crippen molar-refractivity contribution in [1.29, 1.82) is 0 Å². The summed E-state index contributed by atoms with van der Waals surface area (Å²) in [5.41, 5.74) is 0. The molecule has 182 valence electrons. The van der Waals surface area contributed by atoms with Gasteiger partial charge >= 0.3 is 0 Å². The molecule has 0 spiro atoms. The molecule has 0 aliphatic rings. The van der Waals surface area contributed by atoms with Crippen molar-refractivity contribution in [2.45, 2.75) is 106 Å². The van der Waals surface area contributed by atoms with Crippen LogP contribution in [0.25, 0.3) is 0 Å². The van der Waals surface area contributed by atoms with E-state index in [9.17, 15) is 0 Å². The van der Waals surface area contributed by atoms with Crippen LogP contribution in [-0.2, 0) is 28.4 Å². The van der Waals surface area contributed by atoms with Gasteiger partial charge in [0.1, 0.15) is 12.2 Å². The summed E-state index contributed by atoms with van der Waals surface area (Å²) in [5.74, 6) is 0.763. The highest BCUT2D eigenvalue weighted by atomic mass is 16.6. The molecule has 0 aliphatic heterocycles. The minimum absolute atomic E-state index is 0.0573. The SMILES string of the molecule is CC(C)OCC(COCC(COCC(COC(C)C)OC(C)C)C(C)C)OC(C)C. The first kappa shape index (κ1) is 29.8. The van der Waals surface area contributed by atoms with E-state index in [1.165, 1.54) is 0 Å². The summed E-state index contributed by atoms with van der Waals surface area (Å²) in [6, 6.07) is 0. The van der Waals surface area contributed by atoms with Gasteiger partial charge in [0.25, 0.3) is 0 Å². The van der Waals surface area contributed by atoms with E-state index in [1.54, 1.807) is 0 Å². The Kier molecular flexibility index (Phi) is 17.2. The Morgan fingerprint density at radius 1 is 0.433 bits per heavy atom. The topological polar surface area (TPSA) is 55.4 Å². The molecular formula is C24H50O6. The molecule has 0 aromatic rings. The lowest BCUT2D eigenvalue weighted by molar-refractivity contribution is -0.108. The monoisotopic (exact) mass is 434 g/mol. The van der Waals surface area contributed by atoms with Crippen LogP contribution in [0.3, 0.4) is 0 Å². The minimum Gasteiger partial charge on any atom is -0.378 e. The molecule has 0 saturated carbocycles. The van der Waals surface area contributed by atoms with Crippen LogP contribution in [-0.4, -0.2) is 76.3 Å². The molecule has 0 amide bonds. The summed E-state index contributed by atoms with van der Waals surface area (Å²) in [5, 5.41) is 0. The second kappa shape index (κ2) is 17.3. The second-order valence-corrected chi connectivity index (χ2v) is 9.46. The summed E-state index contributed by atoms with van der Waals surface area (Å²) in [4.78, 5) is 0. The van der Waals surface area contributed by atoms with Gasteiger partial charge in [-0.2, -0.15) is 0 Å². The lowest BCUT2D eigenvalue weighted by Crippen LogP contribution is -2.33. The maximum atomic E-state index is 6.01. The Bertz CT molecular complexity index is 352. The maximum absolute atomic E-state index is 6.01. The zero-order valence-electron chi connectivity index (χ0n) is 21.3. The summed E-state index contributed by atoms with van der Waals surface area (Å²) < 4.78 is 35.3. The molecule has 0 N–H and O–H groups in total. The fraction of sp³-hybridized carbons (Fsp3) is 1.00. The summed E-state index contributed by atoms with van der Waals surface area (Å²) in [6.45, 7) is 24.1. The normalized spacial score (nSPS) is 15.7. The summed E-state index contributed by atoms with van der Waals surface area (Å²) >= 11 is 0. The maximum Gasteiger partial charge on any atom is 0.104 e. The predicted octanol–water partition coefficient (Wildman–Crippen LogP) is 4.73. The van der Waals surface area contributed by atoms with Crippen LogP contribution in [0, 0.1) is 11.8 Å². The fourth-order valence-electron chi connectivity index (χ4n) is 2.76. The minimum atomic E-state index is -0.0573. The van der Waals surface area contributed by atoms with Crippen LogP contribution in [0.15, 0.2) is 0 Å². The van der Waals surface area contributed by atoms with Gasteiger partial charge in [-0.3, -0.25) is 0 Å². The number of hydrogen-bond acceptors (Lipinski definition) is 6. The summed E-state index contributed by atoms with van der Waals surface area (Å²) in [7, 11) is 0. The van der Waals surface area contributed by atoms with Crippen molar-refractivity contribution in [3.8, 4) is 0 Å². The van der Waals surface area contributed by atoms with Crippen molar-refractivity contribution >= 4 is 0 Å². The number of ether oxygens (including phenoxy) is 6. The van der Waals surface area contributed by atoms with Crippen molar-refractivity contribution in [3.63, 3.8) is 0 Å². The lowest BCUT2D eigenvalue weighted by atomic mass is 9.98. The highest BCUT2D eigenvalue weighted by molar-refractivity contribution is 4.66. The molecule has 0 fully saturated rings. The molecule has 30 heavy (non-hydrogen) atoms. The largest absolute Gasteiger partial charge is 0.378 e. The molecule has 0 saturated heterocycles. The molecule has 6 heteroatoms. The third kappa shape index (κ3) is 17.4.